The van der Waals surface area contributed by atoms with Crippen molar-refractivity contribution < 1.29 is 0 Å². The topological polar surface area (TPSA) is 38.7 Å². The zero-order chi connectivity index (χ0) is 36.6. The van der Waals surface area contributed by atoms with E-state index in [1.54, 1.807) is 0 Å². The zero-order valence-corrected chi connectivity index (χ0v) is 30.6. The molecule has 258 valence electrons. The number of fused-ring (bicyclic) bond motifs is 3. The molecule has 0 saturated heterocycles. The van der Waals surface area contributed by atoms with E-state index in [2.05, 4.69) is 176 Å². The second-order valence-electron chi connectivity index (χ2n) is 13.6. The van der Waals surface area contributed by atoms with Crippen LogP contribution < -0.4 is 0 Å². The van der Waals surface area contributed by atoms with Crippen LogP contribution in [0.25, 0.3) is 98.8 Å². The summed E-state index contributed by atoms with van der Waals surface area (Å²) in [6, 6.07) is 70.1. The number of thiophene rings is 1. The van der Waals surface area contributed by atoms with Gasteiger partial charge >= 0.3 is 0 Å². The fourth-order valence-corrected chi connectivity index (χ4v) is 8.78. The average Bonchev–Trinajstić information content (AvgIpc) is 3.68. The molecule has 0 bridgehead atoms. The molecule has 0 unspecified atom stereocenters. The van der Waals surface area contributed by atoms with E-state index in [1.807, 2.05) is 35.6 Å². The molecule has 10 rings (SSSR count). The third kappa shape index (κ3) is 6.19. The Morgan fingerprint density at radius 1 is 0.345 bits per heavy atom. The summed E-state index contributed by atoms with van der Waals surface area (Å²) < 4.78 is 1.24. The van der Waals surface area contributed by atoms with E-state index in [0.29, 0.717) is 5.82 Å². The molecule has 0 aliphatic rings. The summed E-state index contributed by atoms with van der Waals surface area (Å²) in [6.45, 7) is 0. The number of nitrogens with zero attached hydrogens (tertiary/aromatic N) is 3. The molecule has 0 atom stereocenters. The Bertz CT molecular complexity index is 2940. The maximum Gasteiger partial charge on any atom is 0.160 e. The molecule has 0 aliphatic carbocycles. The lowest BCUT2D eigenvalue weighted by atomic mass is 9.94. The second kappa shape index (κ2) is 14.1. The maximum atomic E-state index is 5.32. The number of rotatable bonds is 7. The van der Waals surface area contributed by atoms with E-state index < -0.39 is 0 Å². The normalized spacial score (nSPS) is 11.3. The van der Waals surface area contributed by atoms with Crippen LogP contribution in [0.1, 0.15) is 0 Å². The molecule has 10 aromatic rings. The summed E-state index contributed by atoms with van der Waals surface area (Å²) in [5.74, 6) is 0.697. The molecular weight excluding hydrogens is 687 g/mol. The van der Waals surface area contributed by atoms with Crippen molar-refractivity contribution >= 4 is 32.3 Å². The minimum absolute atomic E-state index is 0.697. The van der Waals surface area contributed by atoms with Gasteiger partial charge in [-0.15, -0.1) is 11.3 Å². The van der Waals surface area contributed by atoms with Crippen LogP contribution in [0.2, 0.25) is 0 Å². The Labute approximate surface area is 323 Å². The first-order chi connectivity index (χ1) is 27.3. The molecule has 55 heavy (non-hydrogen) atoms. The van der Waals surface area contributed by atoms with Crippen molar-refractivity contribution in [3.8, 4) is 77.9 Å². The summed E-state index contributed by atoms with van der Waals surface area (Å²) in [6.07, 6.45) is 0. The lowest BCUT2D eigenvalue weighted by molar-refractivity contribution is 1.18. The van der Waals surface area contributed by atoms with E-state index in [-0.39, 0.29) is 0 Å². The highest BCUT2D eigenvalue weighted by atomic mass is 32.1. The molecule has 0 amide bonds. The lowest BCUT2D eigenvalue weighted by Crippen LogP contribution is -1.96. The molecule has 3 aromatic heterocycles. The summed E-state index contributed by atoms with van der Waals surface area (Å²) in [5, 5.41) is 2.34. The van der Waals surface area contributed by atoms with Gasteiger partial charge in [0, 0.05) is 48.2 Å². The van der Waals surface area contributed by atoms with Gasteiger partial charge in [-0.3, -0.25) is 0 Å². The minimum atomic E-state index is 0.697. The maximum absolute atomic E-state index is 5.32. The summed E-state index contributed by atoms with van der Waals surface area (Å²) in [4.78, 5) is 16.8. The van der Waals surface area contributed by atoms with Gasteiger partial charge in [0.1, 0.15) is 0 Å². The first-order valence-electron chi connectivity index (χ1n) is 18.4. The fourth-order valence-electron chi connectivity index (χ4n) is 7.42. The largest absolute Gasteiger partial charge is 0.247 e. The third-order valence-electron chi connectivity index (χ3n) is 10.1. The van der Waals surface area contributed by atoms with E-state index >= 15 is 0 Å². The van der Waals surface area contributed by atoms with E-state index in [4.69, 9.17) is 15.0 Å². The molecule has 7 aromatic carbocycles. The van der Waals surface area contributed by atoms with Crippen molar-refractivity contribution in [3.63, 3.8) is 0 Å². The van der Waals surface area contributed by atoms with Crippen LogP contribution in [-0.4, -0.2) is 15.0 Å². The van der Waals surface area contributed by atoms with Gasteiger partial charge in [-0.05, 0) is 40.5 Å². The van der Waals surface area contributed by atoms with E-state index in [9.17, 15) is 0 Å². The van der Waals surface area contributed by atoms with E-state index in [0.717, 1.165) is 56.0 Å². The van der Waals surface area contributed by atoms with Crippen molar-refractivity contribution in [2.45, 2.75) is 0 Å². The molecule has 0 spiro atoms. The van der Waals surface area contributed by atoms with E-state index in [1.165, 1.54) is 37.0 Å². The highest BCUT2D eigenvalue weighted by Crippen LogP contribution is 2.50. The average molecular weight is 720 g/mol. The molecule has 0 N–H and O–H groups in total. The molecule has 3 nitrogen and oxygen atoms in total. The third-order valence-corrected chi connectivity index (χ3v) is 11.4. The first kappa shape index (κ1) is 32.6. The first-order valence-corrected chi connectivity index (χ1v) is 19.3. The number of pyridine rings is 1. The zero-order valence-electron chi connectivity index (χ0n) is 29.8. The molecule has 0 aliphatic heterocycles. The van der Waals surface area contributed by atoms with Crippen molar-refractivity contribution in [2.24, 2.45) is 0 Å². The van der Waals surface area contributed by atoms with Gasteiger partial charge in [0.15, 0.2) is 5.82 Å². The summed E-state index contributed by atoms with van der Waals surface area (Å²) >= 11 is 1.85. The summed E-state index contributed by atoms with van der Waals surface area (Å²) in [7, 11) is 0. The van der Waals surface area contributed by atoms with Gasteiger partial charge in [-0.1, -0.05) is 182 Å². The molecular formula is C51H33N3S. The molecule has 0 radical (unpaired) electrons. The van der Waals surface area contributed by atoms with Crippen LogP contribution in [0, 0.1) is 0 Å². The van der Waals surface area contributed by atoms with Crippen LogP contribution in [0.15, 0.2) is 200 Å². The van der Waals surface area contributed by atoms with Gasteiger partial charge in [-0.2, -0.15) is 0 Å². The number of aromatic nitrogens is 3. The van der Waals surface area contributed by atoms with Crippen molar-refractivity contribution in [2.75, 3.05) is 0 Å². The SMILES string of the molecule is c1ccc(-c2cccc(-c3cc(-c4ccc(-c5c(-c6ccccc6)sc6c5c(-c5ccccc5)nc5ccccc56)cc4)nc(-c4ccccc4)n3)c2)cc1. The van der Waals surface area contributed by atoms with Crippen molar-refractivity contribution in [1.29, 1.82) is 0 Å². The minimum Gasteiger partial charge on any atom is -0.247 e. The lowest BCUT2D eigenvalue weighted by Gasteiger charge is -2.12. The highest BCUT2D eigenvalue weighted by molar-refractivity contribution is 7.24. The number of hydrogen-bond donors (Lipinski definition) is 0. The Morgan fingerprint density at radius 2 is 0.873 bits per heavy atom. The molecule has 0 fully saturated rings. The van der Waals surface area contributed by atoms with Gasteiger partial charge < -0.3 is 0 Å². The van der Waals surface area contributed by atoms with Crippen LogP contribution in [0.5, 0.6) is 0 Å². The van der Waals surface area contributed by atoms with Crippen molar-refractivity contribution in [3.05, 3.63) is 200 Å². The Morgan fingerprint density at radius 3 is 1.56 bits per heavy atom. The number of hydrogen-bond acceptors (Lipinski definition) is 4. The standard InChI is InChI=1S/C51H33N3S/c1-5-16-34(17-6-1)40-24-15-25-41(32-40)45-33-44(53-51(54-45)39-22-11-4-12-23-39)35-28-30-36(31-29-35)46-47-48(37-18-7-2-8-19-37)52-43-27-14-13-26-42(43)50(47)55-49(46)38-20-9-3-10-21-38/h1-33H. The Balaban J connectivity index is 1.15. The van der Waals surface area contributed by atoms with Crippen LogP contribution in [-0.2, 0) is 0 Å². The van der Waals surface area contributed by atoms with Gasteiger partial charge in [0.25, 0.3) is 0 Å². The smallest absolute Gasteiger partial charge is 0.160 e. The predicted molar refractivity (Wildman–Crippen MR) is 231 cm³/mol. The quantitative estimate of drug-likeness (QED) is 0.165. The fraction of sp³-hybridized carbons (Fsp3) is 0. The van der Waals surface area contributed by atoms with Crippen LogP contribution in [0.3, 0.4) is 0 Å². The number of para-hydroxylation sites is 1. The monoisotopic (exact) mass is 719 g/mol. The number of benzene rings is 7. The van der Waals surface area contributed by atoms with Gasteiger partial charge in [0.05, 0.1) is 22.6 Å². The predicted octanol–water partition coefficient (Wildman–Crippen LogP) is 13.9. The Hall–Kier alpha value is -7.01. The molecule has 3 heterocycles. The van der Waals surface area contributed by atoms with Crippen LogP contribution >= 0.6 is 11.3 Å². The summed E-state index contributed by atoms with van der Waals surface area (Å²) in [5.41, 5.74) is 13.7. The second-order valence-corrected chi connectivity index (χ2v) is 14.6. The van der Waals surface area contributed by atoms with Gasteiger partial charge in [-0.25, -0.2) is 15.0 Å². The van der Waals surface area contributed by atoms with Gasteiger partial charge in [0.2, 0.25) is 0 Å². The molecule has 4 heteroatoms. The molecule has 0 saturated carbocycles. The van der Waals surface area contributed by atoms with Crippen LogP contribution in [0.4, 0.5) is 0 Å². The Kier molecular flexibility index (Phi) is 8.36. The highest BCUT2D eigenvalue weighted by Gasteiger charge is 2.23. The van der Waals surface area contributed by atoms with Crippen molar-refractivity contribution in [1.82, 2.24) is 15.0 Å².